The maximum atomic E-state index is 12.3. The van der Waals surface area contributed by atoms with Crippen LogP contribution in [-0.4, -0.2) is 37.2 Å². The van der Waals surface area contributed by atoms with Gasteiger partial charge >= 0.3 is 12.0 Å². The average molecular weight is 336 g/mol. The molecular formula is C17H24N2O3S. The molecular weight excluding hydrogens is 312 g/mol. The van der Waals surface area contributed by atoms with E-state index in [0.717, 1.165) is 25.0 Å². The summed E-state index contributed by atoms with van der Waals surface area (Å²) >= 11 is 1.63. The first kappa shape index (κ1) is 17.7. The van der Waals surface area contributed by atoms with Crippen LogP contribution in [0.15, 0.2) is 24.3 Å². The number of fused-ring (bicyclic) bond motifs is 1. The first-order valence-electron chi connectivity index (χ1n) is 7.87. The monoisotopic (exact) mass is 336 g/mol. The Morgan fingerprint density at radius 3 is 2.91 bits per heavy atom. The third-order valence-corrected chi connectivity index (χ3v) is 4.72. The second kappa shape index (κ2) is 8.82. The Morgan fingerprint density at radius 2 is 2.17 bits per heavy atom. The normalized spacial score (nSPS) is 17.7. The van der Waals surface area contributed by atoms with Gasteiger partial charge in [-0.2, -0.15) is 11.8 Å². The van der Waals surface area contributed by atoms with Crippen LogP contribution in [0.4, 0.5) is 4.79 Å². The van der Waals surface area contributed by atoms with Gasteiger partial charge in [0.2, 0.25) is 0 Å². The molecule has 0 aliphatic heterocycles. The first-order chi connectivity index (χ1) is 11.2. The summed E-state index contributed by atoms with van der Waals surface area (Å²) in [7, 11) is 1.34. The molecule has 1 aliphatic carbocycles. The van der Waals surface area contributed by atoms with Gasteiger partial charge in [-0.05, 0) is 48.8 Å². The molecule has 0 radical (unpaired) electrons. The Morgan fingerprint density at radius 1 is 1.39 bits per heavy atom. The van der Waals surface area contributed by atoms with Crippen LogP contribution in [0.2, 0.25) is 0 Å². The van der Waals surface area contributed by atoms with E-state index in [1.54, 1.807) is 11.8 Å². The minimum Gasteiger partial charge on any atom is -0.467 e. The van der Waals surface area contributed by atoms with E-state index < -0.39 is 12.0 Å². The summed E-state index contributed by atoms with van der Waals surface area (Å²) in [5, 5.41) is 5.74. The van der Waals surface area contributed by atoms with Gasteiger partial charge in [0.1, 0.15) is 6.04 Å². The Balaban J connectivity index is 1.97. The van der Waals surface area contributed by atoms with Crippen molar-refractivity contribution in [3.8, 4) is 0 Å². The lowest BCUT2D eigenvalue weighted by Crippen LogP contribution is -2.48. The molecule has 0 heterocycles. The van der Waals surface area contributed by atoms with Crippen molar-refractivity contribution in [1.82, 2.24) is 10.6 Å². The zero-order valence-electron chi connectivity index (χ0n) is 13.6. The van der Waals surface area contributed by atoms with E-state index >= 15 is 0 Å². The fourth-order valence-electron chi connectivity index (χ4n) is 2.89. The summed E-state index contributed by atoms with van der Waals surface area (Å²) < 4.78 is 4.77. The third kappa shape index (κ3) is 4.89. The molecule has 2 amide bonds. The quantitative estimate of drug-likeness (QED) is 0.784. The number of methoxy groups -OCH3 is 1. The first-order valence-corrected chi connectivity index (χ1v) is 9.26. The topological polar surface area (TPSA) is 67.4 Å². The molecule has 5 nitrogen and oxygen atoms in total. The number of urea groups is 1. The van der Waals surface area contributed by atoms with Gasteiger partial charge in [-0.25, -0.2) is 9.59 Å². The maximum absolute atomic E-state index is 12.3. The summed E-state index contributed by atoms with van der Waals surface area (Å²) in [4.78, 5) is 24.0. The van der Waals surface area contributed by atoms with Crippen molar-refractivity contribution in [2.45, 2.75) is 37.8 Å². The van der Waals surface area contributed by atoms with Crippen molar-refractivity contribution in [3.05, 3.63) is 35.4 Å². The number of benzene rings is 1. The molecule has 6 heteroatoms. The van der Waals surface area contributed by atoms with E-state index in [1.165, 1.54) is 18.2 Å². The van der Waals surface area contributed by atoms with E-state index in [2.05, 4.69) is 22.8 Å². The van der Waals surface area contributed by atoms with Gasteiger partial charge < -0.3 is 15.4 Å². The number of esters is 1. The third-order valence-electron chi connectivity index (χ3n) is 4.08. The molecule has 23 heavy (non-hydrogen) atoms. The predicted molar refractivity (Wildman–Crippen MR) is 92.6 cm³/mol. The molecule has 1 aromatic rings. The van der Waals surface area contributed by atoms with Crippen molar-refractivity contribution in [1.29, 1.82) is 0 Å². The minimum atomic E-state index is -0.605. The molecule has 2 atom stereocenters. The van der Waals surface area contributed by atoms with Gasteiger partial charge in [0.15, 0.2) is 0 Å². The summed E-state index contributed by atoms with van der Waals surface area (Å²) in [6, 6.07) is 7.26. The Hall–Kier alpha value is -1.69. The number of carbonyl (C=O) groups is 2. The number of hydrogen-bond donors (Lipinski definition) is 2. The number of carbonyl (C=O) groups excluding carboxylic acids is 2. The van der Waals surface area contributed by atoms with Gasteiger partial charge in [-0.15, -0.1) is 0 Å². The van der Waals surface area contributed by atoms with Crippen molar-refractivity contribution in [3.63, 3.8) is 0 Å². The highest BCUT2D eigenvalue weighted by Gasteiger charge is 2.25. The molecule has 0 aromatic heterocycles. The fourth-order valence-corrected chi connectivity index (χ4v) is 3.36. The Kier molecular flexibility index (Phi) is 6.77. The summed E-state index contributed by atoms with van der Waals surface area (Å²) in [6.07, 6.45) is 5.54. The van der Waals surface area contributed by atoms with Crippen molar-refractivity contribution in [2.75, 3.05) is 19.1 Å². The van der Waals surface area contributed by atoms with Crippen molar-refractivity contribution >= 4 is 23.8 Å². The minimum absolute atomic E-state index is 0.00111. The molecule has 2 N–H and O–H groups in total. The summed E-state index contributed by atoms with van der Waals surface area (Å²) in [5.41, 5.74) is 2.46. The average Bonchev–Trinajstić information content (AvgIpc) is 2.58. The van der Waals surface area contributed by atoms with Crippen molar-refractivity contribution < 1.29 is 14.3 Å². The standard InChI is InChI=1S/C17H24N2O3S/c1-22-16(20)15(10-11-23-2)19-17(21)18-14-9-5-7-12-6-3-4-8-13(12)14/h3-4,6,8,14-15H,5,7,9-11H2,1-2H3,(H2,18,19,21)/t14-,15+/m1/s1. The highest BCUT2D eigenvalue weighted by atomic mass is 32.2. The van der Waals surface area contributed by atoms with Crippen LogP contribution in [0.5, 0.6) is 0 Å². The largest absolute Gasteiger partial charge is 0.467 e. The van der Waals surface area contributed by atoms with E-state index in [9.17, 15) is 9.59 Å². The van der Waals surface area contributed by atoms with Gasteiger partial charge in [0.25, 0.3) is 0 Å². The Bertz CT molecular complexity index is 550. The fraction of sp³-hybridized carbons (Fsp3) is 0.529. The highest BCUT2D eigenvalue weighted by molar-refractivity contribution is 7.98. The molecule has 126 valence electrons. The molecule has 0 spiro atoms. The second-order valence-corrected chi connectivity index (χ2v) is 6.60. The Labute approximate surface area is 141 Å². The van der Waals surface area contributed by atoms with Crippen LogP contribution in [0.1, 0.15) is 36.4 Å². The molecule has 0 fully saturated rings. The SMILES string of the molecule is COC(=O)[C@H](CCSC)NC(=O)N[C@@H]1CCCc2ccccc21. The van der Waals surface area contributed by atoms with Gasteiger partial charge in [0.05, 0.1) is 13.2 Å². The van der Waals surface area contributed by atoms with Gasteiger partial charge in [0, 0.05) is 0 Å². The van der Waals surface area contributed by atoms with E-state index in [4.69, 9.17) is 4.74 Å². The molecule has 0 unspecified atom stereocenters. The second-order valence-electron chi connectivity index (χ2n) is 5.62. The highest BCUT2D eigenvalue weighted by Crippen LogP contribution is 2.29. The predicted octanol–water partition coefficient (Wildman–Crippen LogP) is 2.66. The smallest absolute Gasteiger partial charge is 0.328 e. The lowest BCUT2D eigenvalue weighted by Gasteiger charge is -2.27. The number of rotatable bonds is 6. The van der Waals surface area contributed by atoms with Crippen LogP contribution in [0.3, 0.4) is 0 Å². The molecule has 1 aromatic carbocycles. The number of nitrogens with one attached hydrogen (secondary N) is 2. The molecule has 0 bridgehead atoms. The summed E-state index contributed by atoms with van der Waals surface area (Å²) in [6.45, 7) is 0. The van der Waals surface area contributed by atoms with Crippen molar-refractivity contribution in [2.24, 2.45) is 0 Å². The molecule has 2 rings (SSSR count). The van der Waals surface area contributed by atoms with Gasteiger partial charge in [-0.1, -0.05) is 24.3 Å². The van der Waals surface area contributed by atoms with Crippen LogP contribution in [0.25, 0.3) is 0 Å². The molecule has 1 aliphatic rings. The van der Waals surface area contributed by atoms with Crippen LogP contribution in [0, 0.1) is 0 Å². The number of ether oxygens (including phenoxy) is 1. The van der Waals surface area contributed by atoms with Gasteiger partial charge in [-0.3, -0.25) is 0 Å². The lowest BCUT2D eigenvalue weighted by atomic mass is 9.88. The van der Waals surface area contributed by atoms with E-state index in [0.29, 0.717) is 6.42 Å². The number of thioether (sulfide) groups is 1. The van der Waals surface area contributed by atoms with E-state index in [1.807, 2.05) is 18.4 Å². The number of amides is 2. The van der Waals surface area contributed by atoms with E-state index in [-0.39, 0.29) is 12.1 Å². The van der Waals surface area contributed by atoms with Crippen LogP contribution >= 0.6 is 11.8 Å². The van der Waals surface area contributed by atoms with Crippen LogP contribution in [-0.2, 0) is 16.0 Å². The molecule has 0 saturated heterocycles. The number of aryl methyl sites for hydroxylation is 1. The summed E-state index contributed by atoms with van der Waals surface area (Å²) in [5.74, 6) is 0.380. The lowest BCUT2D eigenvalue weighted by molar-refractivity contribution is -0.142. The zero-order valence-corrected chi connectivity index (χ0v) is 14.4. The van der Waals surface area contributed by atoms with Crippen LogP contribution < -0.4 is 10.6 Å². The zero-order chi connectivity index (χ0) is 16.7. The molecule has 0 saturated carbocycles. The maximum Gasteiger partial charge on any atom is 0.328 e. The number of hydrogen-bond acceptors (Lipinski definition) is 4.